The van der Waals surface area contributed by atoms with Crippen molar-refractivity contribution in [2.24, 2.45) is 17.1 Å². The summed E-state index contributed by atoms with van der Waals surface area (Å²) in [6, 6.07) is -0.362. The predicted octanol–water partition coefficient (Wildman–Crippen LogP) is 1.28. The Morgan fingerprint density at radius 3 is 2.43 bits per heavy atom. The summed E-state index contributed by atoms with van der Waals surface area (Å²) in [6.07, 6.45) is 3.75. The number of amides is 1. The highest BCUT2D eigenvalue weighted by molar-refractivity contribution is 5.81. The average Bonchev–Trinajstić information content (AvgIpc) is 2.09. The molecule has 1 saturated carbocycles. The number of carbonyl (C=O) groups excluding carboxylic acids is 1. The summed E-state index contributed by atoms with van der Waals surface area (Å²) in [7, 11) is 0. The zero-order chi connectivity index (χ0) is 10.8. The fourth-order valence-electron chi connectivity index (χ4n) is 1.68. The van der Waals surface area contributed by atoms with Crippen LogP contribution in [-0.2, 0) is 4.79 Å². The Bertz CT molecular complexity index is 209. The van der Waals surface area contributed by atoms with Crippen LogP contribution in [-0.4, -0.2) is 18.5 Å². The zero-order valence-corrected chi connectivity index (χ0v) is 9.47. The van der Waals surface area contributed by atoms with Gasteiger partial charge in [0.05, 0.1) is 6.04 Å². The van der Waals surface area contributed by atoms with E-state index in [1.54, 1.807) is 0 Å². The number of carbonyl (C=O) groups is 1. The van der Waals surface area contributed by atoms with Crippen LogP contribution in [0.25, 0.3) is 0 Å². The second kappa shape index (κ2) is 4.30. The molecule has 3 heteroatoms. The Balaban J connectivity index is 2.27. The highest BCUT2D eigenvalue weighted by Crippen LogP contribution is 2.39. The van der Waals surface area contributed by atoms with Crippen molar-refractivity contribution in [3.05, 3.63) is 0 Å². The zero-order valence-electron chi connectivity index (χ0n) is 9.47. The lowest BCUT2D eigenvalue weighted by Crippen LogP contribution is -2.48. The fourth-order valence-corrected chi connectivity index (χ4v) is 1.68. The van der Waals surface area contributed by atoms with Crippen LogP contribution in [0.1, 0.15) is 40.0 Å². The molecular weight excluding hydrogens is 176 g/mol. The Kier molecular flexibility index (Phi) is 3.53. The SMILES string of the molecule is CC(C)[C@H](N)C(=O)NCC1(C)CCC1. The fraction of sp³-hybridized carbons (Fsp3) is 0.909. The van der Waals surface area contributed by atoms with Crippen LogP contribution in [0.5, 0.6) is 0 Å². The van der Waals surface area contributed by atoms with E-state index in [4.69, 9.17) is 5.73 Å². The van der Waals surface area contributed by atoms with Gasteiger partial charge in [-0.15, -0.1) is 0 Å². The Labute approximate surface area is 86.4 Å². The second-order valence-corrected chi connectivity index (χ2v) is 5.15. The molecule has 1 rings (SSSR count). The molecule has 1 amide bonds. The Hall–Kier alpha value is -0.570. The minimum Gasteiger partial charge on any atom is -0.354 e. The molecule has 3 N–H and O–H groups in total. The monoisotopic (exact) mass is 198 g/mol. The summed E-state index contributed by atoms with van der Waals surface area (Å²) in [5.74, 6) is 0.206. The van der Waals surface area contributed by atoms with Crippen LogP contribution >= 0.6 is 0 Å². The van der Waals surface area contributed by atoms with Crippen molar-refractivity contribution >= 4 is 5.91 Å². The number of rotatable bonds is 4. The van der Waals surface area contributed by atoms with Gasteiger partial charge in [0.2, 0.25) is 5.91 Å². The molecule has 0 bridgehead atoms. The van der Waals surface area contributed by atoms with E-state index in [9.17, 15) is 4.79 Å². The van der Waals surface area contributed by atoms with Crippen LogP contribution < -0.4 is 11.1 Å². The number of hydrogen-bond donors (Lipinski definition) is 2. The number of hydrogen-bond acceptors (Lipinski definition) is 2. The summed E-state index contributed by atoms with van der Waals surface area (Å²) < 4.78 is 0. The van der Waals surface area contributed by atoms with Crippen LogP contribution in [0.3, 0.4) is 0 Å². The van der Waals surface area contributed by atoms with E-state index in [0.29, 0.717) is 5.41 Å². The van der Waals surface area contributed by atoms with Gasteiger partial charge in [0.25, 0.3) is 0 Å². The normalized spacial score (nSPS) is 21.5. The van der Waals surface area contributed by atoms with Gasteiger partial charge in [-0.2, -0.15) is 0 Å². The minimum atomic E-state index is -0.362. The molecule has 0 unspecified atom stereocenters. The molecule has 0 saturated heterocycles. The molecule has 1 aliphatic carbocycles. The van der Waals surface area contributed by atoms with Crippen LogP contribution in [0.4, 0.5) is 0 Å². The molecule has 0 heterocycles. The van der Waals surface area contributed by atoms with Gasteiger partial charge in [-0.1, -0.05) is 27.2 Å². The lowest BCUT2D eigenvalue weighted by Gasteiger charge is -2.38. The van der Waals surface area contributed by atoms with Crippen molar-refractivity contribution in [1.82, 2.24) is 5.32 Å². The topological polar surface area (TPSA) is 55.1 Å². The third-order valence-electron chi connectivity index (χ3n) is 3.27. The van der Waals surface area contributed by atoms with Gasteiger partial charge in [0.1, 0.15) is 0 Å². The van der Waals surface area contributed by atoms with Crippen molar-refractivity contribution in [3.8, 4) is 0 Å². The van der Waals surface area contributed by atoms with E-state index in [2.05, 4.69) is 12.2 Å². The van der Waals surface area contributed by atoms with Gasteiger partial charge in [0, 0.05) is 6.54 Å². The first-order valence-electron chi connectivity index (χ1n) is 5.48. The van der Waals surface area contributed by atoms with Crippen molar-refractivity contribution < 1.29 is 4.79 Å². The molecule has 1 fully saturated rings. The van der Waals surface area contributed by atoms with Gasteiger partial charge >= 0.3 is 0 Å². The molecule has 0 aromatic carbocycles. The van der Waals surface area contributed by atoms with E-state index in [1.807, 2.05) is 13.8 Å². The van der Waals surface area contributed by atoms with E-state index < -0.39 is 0 Å². The maximum Gasteiger partial charge on any atom is 0.237 e. The standard InChI is InChI=1S/C11H22N2O/c1-8(2)9(12)10(14)13-7-11(3)5-4-6-11/h8-9H,4-7,12H2,1-3H3,(H,13,14)/t9-/m0/s1. The summed E-state index contributed by atoms with van der Waals surface area (Å²) in [5.41, 5.74) is 6.08. The number of nitrogens with one attached hydrogen (secondary N) is 1. The van der Waals surface area contributed by atoms with Gasteiger partial charge in [-0.05, 0) is 24.2 Å². The van der Waals surface area contributed by atoms with Crippen LogP contribution in [0.2, 0.25) is 0 Å². The highest BCUT2D eigenvalue weighted by atomic mass is 16.2. The van der Waals surface area contributed by atoms with E-state index >= 15 is 0 Å². The molecule has 1 aliphatic rings. The van der Waals surface area contributed by atoms with Gasteiger partial charge in [-0.3, -0.25) is 4.79 Å². The van der Waals surface area contributed by atoms with E-state index in [1.165, 1.54) is 19.3 Å². The van der Waals surface area contributed by atoms with Gasteiger partial charge in [-0.25, -0.2) is 0 Å². The summed E-state index contributed by atoms with van der Waals surface area (Å²) in [5, 5.41) is 2.94. The second-order valence-electron chi connectivity index (χ2n) is 5.15. The minimum absolute atomic E-state index is 0.00637. The maximum atomic E-state index is 11.5. The van der Waals surface area contributed by atoms with Crippen molar-refractivity contribution in [2.75, 3.05) is 6.54 Å². The quantitative estimate of drug-likeness (QED) is 0.715. The lowest BCUT2D eigenvalue weighted by molar-refractivity contribution is -0.124. The largest absolute Gasteiger partial charge is 0.354 e. The lowest BCUT2D eigenvalue weighted by atomic mass is 9.70. The molecule has 82 valence electrons. The van der Waals surface area contributed by atoms with Crippen LogP contribution in [0, 0.1) is 11.3 Å². The molecule has 0 radical (unpaired) electrons. The molecule has 14 heavy (non-hydrogen) atoms. The smallest absolute Gasteiger partial charge is 0.237 e. The Morgan fingerprint density at radius 1 is 1.50 bits per heavy atom. The molecule has 0 spiro atoms. The molecular formula is C11H22N2O. The molecule has 1 atom stereocenters. The predicted molar refractivity (Wildman–Crippen MR) is 57.8 cm³/mol. The summed E-state index contributed by atoms with van der Waals surface area (Å²) in [6.45, 7) is 6.94. The van der Waals surface area contributed by atoms with Crippen LogP contribution in [0.15, 0.2) is 0 Å². The van der Waals surface area contributed by atoms with Crippen molar-refractivity contribution in [3.63, 3.8) is 0 Å². The summed E-state index contributed by atoms with van der Waals surface area (Å²) in [4.78, 5) is 11.5. The van der Waals surface area contributed by atoms with Gasteiger partial charge < -0.3 is 11.1 Å². The molecule has 3 nitrogen and oxygen atoms in total. The average molecular weight is 198 g/mol. The Morgan fingerprint density at radius 2 is 2.07 bits per heavy atom. The first-order chi connectivity index (χ1) is 6.44. The molecule has 0 aliphatic heterocycles. The van der Waals surface area contributed by atoms with E-state index in [0.717, 1.165) is 6.54 Å². The maximum absolute atomic E-state index is 11.5. The van der Waals surface area contributed by atoms with Gasteiger partial charge in [0.15, 0.2) is 0 Å². The highest BCUT2D eigenvalue weighted by Gasteiger charge is 2.32. The van der Waals surface area contributed by atoms with Crippen molar-refractivity contribution in [2.45, 2.75) is 46.1 Å². The molecule has 0 aromatic rings. The van der Waals surface area contributed by atoms with Crippen molar-refractivity contribution in [1.29, 1.82) is 0 Å². The first-order valence-corrected chi connectivity index (χ1v) is 5.48. The summed E-state index contributed by atoms with van der Waals surface area (Å²) >= 11 is 0. The molecule has 0 aromatic heterocycles. The first kappa shape index (κ1) is 11.5. The number of nitrogens with two attached hydrogens (primary N) is 1. The third-order valence-corrected chi connectivity index (χ3v) is 3.27. The van der Waals surface area contributed by atoms with E-state index in [-0.39, 0.29) is 17.9 Å². The third kappa shape index (κ3) is 2.71.